The van der Waals surface area contributed by atoms with Crippen LogP contribution in [0.1, 0.15) is 24.5 Å². The number of amides is 2. The molecule has 0 aliphatic rings. The predicted molar refractivity (Wildman–Crippen MR) is 121 cm³/mol. The molecule has 0 fully saturated rings. The average Bonchev–Trinajstić information content (AvgIpc) is 2.79. The highest BCUT2D eigenvalue weighted by atomic mass is 32.2. The number of thioether (sulfide) groups is 1. The third-order valence-electron chi connectivity index (χ3n) is 4.80. The summed E-state index contributed by atoms with van der Waals surface area (Å²) < 4.78 is 10.4. The summed E-state index contributed by atoms with van der Waals surface area (Å²) in [5, 5.41) is 2.68. The molecule has 6 nitrogen and oxygen atoms in total. The van der Waals surface area contributed by atoms with Gasteiger partial charge in [0.2, 0.25) is 11.8 Å². The molecule has 2 aromatic carbocycles. The maximum absolute atomic E-state index is 13.1. The fraction of sp³-hybridized carbons (Fsp3) is 0.391. The smallest absolute Gasteiger partial charge is 0.242 e. The lowest BCUT2D eigenvalue weighted by molar-refractivity contribution is -0.139. The first-order valence-electron chi connectivity index (χ1n) is 9.87. The zero-order chi connectivity index (χ0) is 21.9. The van der Waals surface area contributed by atoms with Crippen LogP contribution in [0.25, 0.3) is 0 Å². The highest BCUT2D eigenvalue weighted by molar-refractivity contribution is 7.99. The van der Waals surface area contributed by atoms with E-state index in [0.717, 1.165) is 22.6 Å². The Balaban J connectivity index is 2.06. The van der Waals surface area contributed by atoms with Crippen molar-refractivity contribution in [2.75, 3.05) is 27.0 Å². The summed E-state index contributed by atoms with van der Waals surface area (Å²) in [5.74, 6) is 2.37. The van der Waals surface area contributed by atoms with E-state index < -0.39 is 6.04 Å². The minimum absolute atomic E-state index is 0.0558. The van der Waals surface area contributed by atoms with Gasteiger partial charge in [0, 0.05) is 19.3 Å². The topological polar surface area (TPSA) is 67.9 Å². The van der Waals surface area contributed by atoms with Crippen LogP contribution in [0, 0.1) is 0 Å². The molecule has 0 aromatic heterocycles. The van der Waals surface area contributed by atoms with Crippen molar-refractivity contribution in [3.05, 3.63) is 59.7 Å². The van der Waals surface area contributed by atoms with E-state index in [9.17, 15) is 9.59 Å². The van der Waals surface area contributed by atoms with E-state index in [0.29, 0.717) is 24.5 Å². The second-order valence-electron chi connectivity index (χ2n) is 6.75. The second kappa shape index (κ2) is 12.1. The summed E-state index contributed by atoms with van der Waals surface area (Å²) in [6.07, 6.45) is 0.546. The van der Waals surface area contributed by atoms with Crippen molar-refractivity contribution < 1.29 is 19.1 Å². The molecule has 0 aliphatic carbocycles. The molecule has 0 unspecified atom stereocenters. The molecule has 162 valence electrons. The Morgan fingerprint density at radius 2 is 1.50 bits per heavy atom. The first kappa shape index (κ1) is 23.6. The predicted octanol–water partition coefficient (Wildman–Crippen LogP) is 3.49. The number of nitrogens with one attached hydrogen (secondary N) is 1. The molecular formula is C23H30N2O4S. The molecular weight excluding hydrogens is 400 g/mol. The third kappa shape index (κ3) is 6.69. The normalized spacial score (nSPS) is 11.5. The highest BCUT2D eigenvalue weighted by Gasteiger charge is 2.27. The van der Waals surface area contributed by atoms with Gasteiger partial charge in [-0.25, -0.2) is 0 Å². The lowest BCUT2D eigenvalue weighted by atomic mass is 10.1. The first-order chi connectivity index (χ1) is 14.5. The lowest BCUT2D eigenvalue weighted by Gasteiger charge is -2.30. The van der Waals surface area contributed by atoms with Crippen molar-refractivity contribution in [3.63, 3.8) is 0 Å². The molecule has 30 heavy (non-hydrogen) atoms. The van der Waals surface area contributed by atoms with Gasteiger partial charge in [0.1, 0.15) is 17.5 Å². The van der Waals surface area contributed by atoms with E-state index in [1.54, 1.807) is 26.2 Å². The third-order valence-corrected chi connectivity index (χ3v) is 5.79. The van der Waals surface area contributed by atoms with Crippen LogP contribution in [0.15, 0.2) is 48.5 Å². The molecule has 2 amide bonds. The lowest BCUT2D eigenvalue weighted by Crippen LogP contribution is -2.48. The van der Waals surface area contributed by atoms with Gasteiger partial charge in [-0.05, 0) is 41.8 Å². The highest BCUT2D eigenvalue weighted by Crippen LogP contribution is 2.20. The number of ether oxygens (including phenoxy) is 2. The Bertz CT molecular complexity index is 809. The number of likely N-dealkylation sites (N-methyl/N-ethyl adjacent to an activating group) is 1. The van der Waals surface area contributed by atoms with Crippen molar-refractivity contribution in [3.8, 4) is 11.5 Å². The molecule has 7 heteroatoms. The number of rotatable bonds is 11. The molecule has 2 rings (SSSR count). The van der Waals surface area contributed by atoms with Crippen LogP contribution in [0.3, 0.4) is 0 Å². The summed E-state index contributed by atoms with van der Waals surface area (Å²) in [5.41, 5.74) is 2.07. The van der Waals surface area contributed by atoms with Crippen molar-refractivity contribution in [1.29, 1.82) is 0 Å². The molecule has 0 bridgehead atoms. The van der Waals surface area contributed by atoms with Gasteiger partial charge in [-0.1, -0.05) is 31.2 Å². The van der Waals surface area contributed by atoms with E-state index in [1.165, 1.54) is 11.8 Å². The van der Waals surface area contributed by atoms with Crippen LogP contribution in [0.2, 0.25) is 0 Å². The van der Waals surface area contributed by atoms with Crippen LogP contribution >= 0.6 is 11.8 Å². The molecule has 0 radical (unpaired) electrons. The van der Waals surface area contributed by atoms with Crippen molar-refractivity contribution in [2.24, 2.45) is 0 Å². The standard InChI is InChI=1S/C23H30N2O4S/c1-5-21(23(27)24-2)25(14-17-6-10-19(28-3)11-7-17)22(26)16-30-15-18-8-12-20(29-4)13-9-18/h6-13,21H,5,14-16H2,1-4H3,(H,24,27)/t21-/m1/s1. The van der Waals surface area contributed by atoms with Crippen LogP contribution in [0.4, 0.5) is 0 Å². The largest absolute Gasteiger partial charge is 0.497 e. The Morgan fingerprint density at radius 3 is 1.97 bits per heavy atom. The van der Waals surface area contributed by atoms with Gasteiger partial charge in [-0.15, -0.1) is 11.8 Å². The van der Waals surface area contributed by atoms with E-state index >= 15 is 0 Å². The van der Waals surface area contributed by atoms with E-state index in [4.69, 9.17) is 9.47 Å². The van der Waals surface area contributed by atoms with Gasteiger partial charge in [0.05, 0.1) is 20.0 Å². The Kier molecular flexibility index (Phi) is 9.54. The minimum Gasteiger partial charge on any atom is -0.497 e. The average molecular weight is 431 g/mol. The molecule has 1 N–H and O–H groups in total. The number of methoxy groups -OCH3 is 2. The van der Waals surface area contributed by atoms with Gasteiger partial charge < -0.3 is 19.7 Å². The molecule has 1 atom stereocenters. The van der Waals surface area contributed by atoms with Crippen LogP contribution in [0.5, 0.6) is 11.5 Å². The van der Waals surface area contributed by atoms with Gasteiger partial charge in [-0.3, -0.25) is 9.59 Å². The summed E-state index contributed by atoms with van der Waals surface area (Å²) in [6.45, 7) is 2.29. The monoisotopic (exact) mass is 430 g/mol. The summed E-state index contributed by atoms with van der Waals surface area (Å²) in [7, 11) is 4.85. The van der Waals surface area contributed by atoms with Gasteiger partial charge in [0.15, 0.2) is 0 Å². The summed E-state index contributed by atoms with van der Waals surface area (Å²) in [4.78, 5) is 27.1. The van der Waals surface area contributed by atoms with Crippen molar-refractivity contribution >= 4 is 23.6 Å². The molecule has 0 aliphatic heterocycles. The van der Waals surface area contributed by atoms with E-state index in [1.807, 2.05) is 55.5 Å². The minimum atomic E-state index is -0.508. The molecule has 2 aromatic rings. The van der Waals surface area contributed by atoms with Crippen molar-refractivity contribution in [2.45, 2.75) is 31.7 Å². The van der Waals surface area contributed by atoms with Gasteiger partial charge in [-0.2, -0.15) is 0 Å². The van der Waals surface area contributed by atoms with Gasteiger partial charge >= 0.3 is 0 Å². The number of carbonyl (C=O) groups is 2. The zero-order valence-corrected chi connectivity index (χ0v) is 18.8. The number of hydrogen-bond donors (Lipinski definition) is 1. The summed E-state index contributed by atoms with van der Waals surface area (Å²) in [6, 6.07) is 14.8. The van der Waals surface area contributed by atoms with Crippen LogP contribution in [-0.4, -0.2) is 49.8 Å². The zero-order valence-electron chi connectivity index (χ0n) is 18.0. The molecule has 0 heterocycles. The fourth-order valence-corrected chi connectivity index (χ4v) is 3.95. The quantitative estimate of drug-likeness (QED) is 0.591. The van der Waals surface area contributed by atoms with Crippen LogP contribution < -0.4 is 14.8 Å². The first-order valence-corrected chi connectivity index (χ1v) is 11.0. The molecule has 0 spiro atoms. The second-order valence-corrected chi connectivity index (χ2v) is 7.73. The Hall–Kier alpha value is -2.67. The SMILES string of the molecule is CC[C@H](C(=O)NC)N(Cc1ccc(OC)cc1)C(=O)CSCc1ccc(OC)cc1. The number of hydrogen-bond acceptors (Lipinski definition) is 5. The van der Waals surface area contributed by atoms with E-state index in [2.05, 4.69) is 5.32 Å². The molecule has 0 saturated carbocycles. The van der Waals surface area contributed by atoms with Crippen molar-refractivity contribution in [1.82, 2.24) is 10.2 Å². The van der Waals surface area contributed by atoms with Gasteiger partial charge in [0.25, 0.3) is 0 Å². The number of carbonyl (C=O) groups excluding carboxylic acids is 2. The summed E-state index contributed by atoms with van der Waals surface area (Å²) >= 11 is 1.54. The fourth-order valence-electron chi connectivity index (χ4n) is 3.07. The van der Waals surface area contributed by atoms with E-state index in [-0.39, 0.29) is 11.8 Å². The number of benzene rings is 2. The maximum Gasteiger partial charge on any atom is 0.242 e. The Labute approximate surface area is 182 Å². The maximum atomic E-state index is 13.1. The molecule has 0 saturated heterocycles. The van der Waals surface area contributed by atoms with Crippen LogP contribution in [-0.2, 0) is 21.9 Å². The Morgan fingerprint density at radius 1 is 0.967 bits per heavy atom. The number of nitrogens with zero attached hydrogens (tertiary/aromatic N) is 1.